The zero-order valence-corrected chi connectivity index (χ0v) is 11.0. The molecule has 1 amide bonds. The molecule has 6 nitrogen and oxygen atoms in total. The first-order valence-corrected chi connectivity index (χ1v) is 6.36. The quantitative estimate of drug-likeness (QED) is 0.870. The topological polar surface area (TPSA) is 94.0 Å². The highest BCUT2D eigenvalue weighted by atomic mass is 32.1. The van der Waals surface area contributed by atoms with Gasteiger partial charge in [0, 0.05) is 25.3 Å². The molecule has 0 radical (unpaired) electrons. The second-order valence-electron chi connectivity index (χ2n) is 3.83. The molecule has 0 saturated carbocycles. The van der Waals surface area contributed by atoms with Crippen LogP contribution in [0, 0.1) is 13.8 Å². The predicted octanol–water partition coefficient (Wildman–Crippen LogP) is 1.30. The van der Waals surface area contributed by atoms with Crippen molar-refractivity contribution in [2.24, 2.45) is 0 Å². The lowest BCUT2D eigenvalue weighted by Crippen LogP contribution is -2.26. The summed E-state index contributed by atoms with van der Waals surface area (Å²) in [5.74, 6) is 0.506. The van der Waals surface area contributed by atoms with Crippen LogP contribution in [0.1, 0.15) is 27.8 Å². The fourth-order valence-corrected chi connectivity index (χ4v) is 2.16. The Balaban J connectivity index is 1.87. The largest absolute Gasteiger partial charge is 0.436 e. The summed E-state index contributed by atoms with van der Waals surface area (Å²) in [6.07, 6.45) is 0.644. The highest BCUT2D eigenvalue weighted by Gasteiger charge is 2.15. The molecule has 0 spiro atoms. The standard InChI is InChI=1S/C11H14N4O2S/c1-6-9(17-7(2)14-6)10(16)13-4-3-8-5-18-11(12)15-8/h5H,3-4H2,1-2H3,(H2,12,15)(H,13,16). The molecular formula is C11H14N4O2S. The number of anilines is 1. The molecule has 18 heavy (non-hydrogen) atoms. The fourth-order valence-electron chi connectivity index (χ4n) is 1.56. The Morgan fingerprint density at radius 2 is 2.28 bits per heavy atom. The molecule has 2 aromatic rings. The number of hydrogen-bond donors (Lipinski definition) is 2. The molecule has 0 bridgehead atoms. The van der Waals surface area contributed by atoms with Gasteiger partial charge in [-0.2, -0.15) is 0 Å². The summed E-state index contributed by atoms with van der Waals surface area (Å²) in [7, 11) is 0. The molecule has 2 heterocycles. The van der Waals surface area contributed by atoms with Gasteiger partial charge in [0.15, 0.2) is 11.0 Å². The maximum atomic E-state index is 11.8. The summed E-state index contributed by atoms with van der Waals surface area (Å²) in [4.78, 5) is 19.9. The molecular weight excluding hydrogens is 252 g/mol. The van der Waals surface area contributed by atoms with E-state index in [-0.39, 0.29) is 11.7 Å². The van der Waals surface area contributed by atoms with E-state index in [0.29, 0.717) is 29.7 Å². The molecule has 0 aliphatic carbocycles. The monoisotopic (exact) mass is 266 g/mol. The third-order valence-corrected chi connectivity index (χ3v) is 3.07. The number of aryl methyl sites for hydroxylation is 2. The van der Waals surface area contributed by atoms with Gasteiger partial charge in [-0.1, -0.05) is 0 Å². The number of thiazole rings is 1. The molecule has 0 unspecified atom stereocenters. The van der Waals surface area contributed by atoms with E-state index in [0.717, 1.165) is 5.69 Å². The molecule has 2 aromatic heterocycles. The molecule has 0 saturated heterocycles. The number of carbonyl (C=O) groups excluding carboxylic acids is 1. The van der Waals surface area contributed by atoms with E-state index in [1.54, 1.807) is 13.8 Å². The van der Waals surface area contributed by atoms with Crippen molar-refractivity contribution in [3.63, 3.8) is 0 Å². The minimum atomic E-state index is -0.253. The first-order valence-electron chi connectivity index (χ1n) is 5.48. The third kappa shape index (κ3) is 2.86. The molecule has 7 heteroatoms. The Bertz CT molecular complexity index is 561. The first-order chi connectivity index (χ1) is 8.56. The summed E-state index contributed by atoms with van der Waals surface area (Å²) in [6, 6.07) is 0. The van der Waals surface area contributed by atoms with Gasteiger partial charge in [0.25, 0.3) is 5.91 Å². The Hall–Kier alpha value is -1.89. The minimum absolute atomic E-state index is 0.253. The van der Waals surface area contributed by atoms with Crippen molar-refractivity contribution >= 4 is 22.4 Å². The van der Waals surface area contributed by atoms with Gasteiger partial charge in [-0.15, -0.1) is 11.3 Å². The van der Waals surface area contributed by atoms with Crippen LogP contribution in [0.25, 0.3) is 0 Å². The van der Waals surface area contributed by atoms with Crippen molar-refractivity contribution < 1.29 is 9.21 Å². The number of amides is 1. The van der Waals surface area contributed by atoms with E-state index in [4.69, 9.17) is 10.2 Å². The van der Waals surface area contributed by atoms with Crippen molar-refractivity contribution in [1.29, 1.82) is 0 Å². The van der Waals surface area contributed by atoms with Crippen molar-refractivity contribution in [3.05, 3.63) is 28.4 Å². The number of oxazole rings is 1. The minimum Gasteiger partial charge on any atom is -0.436 e. The molecule has 0 aromatic carbocycles. The SMILES string of the molecule is Cc1nc(C)c(C(=O)NCCc2csc(N)n2)o1. The average Bonchev–Trinajstić information content (AvgIpc) is 2.85. The van der Waals surface area contributed by atoms with Crippen LogP contribution in [0.15, 0.2) is 9.80 Å². The van der Waals surface area contributed by atoms with E-state index >= 15 is 0 Å². The average molecular weight is 266 g/mol. The number of nitrogens with one attached hydrogen (secondary N) is 1. The van der Waals surface area contributed by atoms with Gasteiger partial charge in [0.1, 0.15) is 0 Å². The van der Waals surface area contributed by atoms with Crippen molar-refractivity contribution in [3.8, 4) is 0 Å². The zero-order valence-electron chi connectivity index (χ0n) is 10.2. The lowest BCUT2D eigenvalue weighted by Gasteiger charge is -2.01. The number of nitrogens with two attached hydrogens (primary N) is 1. The van der Waals surface area contributed by atoms with Crippen LogP contribution in [0.5, 0.6) is 0 Å². The summed E-state index contributed by atoms with van der Waals surface area (Å²) >= 11 is 1.39. The summed E-state index contributed by atoms with van der Waals surface area (Å²) in [5.41, 5.74) is 7.00. The van der Waals surface area contributed by atoms with Crippen LogP contribution >= 0.6 is 11.3 Å². The van der Waals surface area contributed by atoms with Crippen molar-refractivity contribution in [1.82, 2.24) is 15.3 Å². The van der Waals surface area contributed by atoms with Gasteiger partial charge in [-0.3, -0.25) is 4.79 Å². The van der Waals surface area contributed by atoms with Crippen molar-refractivity contribution in [2.75, 3.05) is 12.3 Å². The molecule has 0 fully saturated rings. The highest BCUT2D eigenvalue weighted by molar-refractivity contribution is 7.13. The number of nitrogen functional groups attached to an aromatic ring is 1. The lowest BCUT2D eigenvalue weighted by molar-refractivity contribution is 0.0924. The second kappa shape index (κ2) is 5.18. The maximum Gasteiger partial charge on any atom is 0.289 e. The summed E-state index contributed by atoms with van der Waals surface area (Å²) in [5, 5.41) is 5.18. The Morgan fingerprint density at radius 1 is 1.50 bits per heavy atom. The highest BCUT2D eigenvalue weighted by Crippen LogP contribution is 2.11. The van der Waals surface area contributed by atoms with Gasteiger partial charge in [0.05, 0.1) is 11.4 Å². The summed E-state index contributed by atoms with van der Waals surface area (Å²) in [6.45, 7) is 3.94. The Labute approximate surface area is 108 Å². The van der Waals surface area contributed by atoms with Crippen LogP contribution in [0.3, 0.4) is 0 Å². The molecule has 3 N–H and O–H groups in total. The molecule has 0 atom stereocenters. The van der Waals surface area contributed by atoms with Crippen LogP contribution in [0.2, 0.25) is 0 Å². The smallest absolute Gasteiger partial charge is 0.289 e. The number of nitrogens with zero attached hydrogens (tertiary/aromatic N) is 2. The second-order valence-corrected chi connectivity index (χ2v) is 4.72. The molecule has 0 aliphatic heterocycles. The van der Waals surface area contributed by atoms with E-state index < -0.39 is 0 Å². The van der Waals surface area contributed by atoms with Gasteiger partial charge < -0.3 is 15.5 Å². The van der Waals surface area contributed by atoms with E-state index in [2.05, 4.69) is 15.3 Å². The van der Waals surface area contributed by atoms with E-state index in [9.17, 15) is 4.79 Å². The van der Waals surface area contributed by atoms with Crippen LogP contribution in [0.4, 0.5) is 5.13 Å². The number of hydrogen-bond acceptors (Lipinski definition) is 6. The summed E-state index contributed by atoms with van der Waals surface area (Å²) < 4.78 is 5.23. The zero-order chi connectivity index (χ0) is 13.1. The normalized spacial score (nSPS) is 10.6. The number of aromatic nitrogens is 2. The Morgan fingerprint density at radius 3 is 2.83 bits per heavy atom. The number of carbonyl (C=O) groups is 1. The van der Waals surface area contributed by atoms with Gasteiger partial charge in [-0.25, -0.2) is 9.97 Å². The van der Waals surface area contributed by atoms with Crippen LogP contribution in [-0.4, -0.2) is 22.4 Å². The molecule has 96 valence electrons. The van der Waals surface area contributed by atoms with Gasteiger partial charge in [0.2, 0.25) is 5.76 Å². The Kier molecular flexibility index (Phi) is 3.61. The van der Waals surface area contributed by atoms with E-state index in [1.807, 2.05) is 5.38 Å². The molecule has 0 aliphatic rings. The van der Waals surface area contributed by atoms with E-state index in [1.165, 1.54) is 11.3 Å². The first kappa shape index (κ1) is 12.6. The predicted molar refractivity (Wildman–Crippen MR) is 68.5 cm³/mol. The third-order valence-electron chi connectivity index (χ3n) is 2.35. The fraction of sp³-hybridized carbons (Fsp3) is 0.364. The molecule has 2 rings (SSSR count). The maximum absolute atomic E-state index is 11.8. The van der Waals surface area contributed by atoms with Gasteiger partial charge in [-0.05, 0) is 6.92 Å². The number of rotatable bonds is 4. The van der Waals surface area contributed by atoms with Crippen molar-refractivity contribution in [2.45, 2.75) is 20.3 Å². The lowest BCUT2D eigenvalue weighted by atomic mass is 10.3. The van der Waals surface area contributed by atoms with Crippen LogP contribution in [-0.2, 0) is 6.42 Å². The van der Waals surface area contributed by atoms with Crippen LogP contribution < -0.4 is 11.1 Å². The van der Waals surface area contributed by atoms with Gasteiger partial charge >= 0.3 is 0 Å².